The van der Waals surface area contributed by atoms with E-state index < -0.39 is 18.1 Å². The van der Waals surface area contributed by atoms with E-state index in [2.05, 4.69) is 27.6 Å². The number of ether oxygens (including phenoxy) is 1. The van der Waals surface area contributed by atoms with Crippen molar-refractivity contribution in [3.63, 3.8) is 0 Å². The van der Waals surface area contributed by atoms with Gasteiger partial charge in [0.1, 0.15) is 12.6 Å². The number of carbonyl (C=O) groups is 2. The standard InChI is InChI=1S/C25H21N3O4S/c29-24(30)21(12-15-13-26-28-23(15)22-10-5-11-33-22)27-25(31)32-14-20-18-8-3-1-6-16(18)17-7-2-4-9-19(17)20/h1-11,13,20-21H,12,14H2,(H,26,28)(H,27,31)(H,29,30). The molecule has 0 bridgehead atoms. The van der Waals surface area contributed by atoms with Crippen molar-refractivity contribution in [3.8, 4) is 21.7 Å². The van der Waals surface area contributed by atoms with Crippen molar-refractivity contribution in [1.29, 1.82) is 0 Å². The highest BCUT2D eigenvalue weighted by Gasteiger charge is 2.30. The molecule has 0 spiro atoms. The van der Waals surface area contributed by atoms with Gasteiger partial charge in [0.05, 0.1) is 16.8 Å². The van der Waals surface area contributed by atoms with Crippen LogP contribution >= 0.6 is 11.3 Å². The maximum atomic E-state index is 12.6. The maximum Gasteiger partial charge on any atom is 0.407 e. The second kappa shape index (κ2) is 8.91. The maximum absolute atomic E-state index is 12.6. The summed E-state index contributed by atoms with van der Waals surface area (Å²) in [7, 11) is 0. The van der Waals surface area contributed by atoms with Crippen LogP contribution in [0.25, 0.3) is 21.7 Å². The molecule has 1 aliphatic carbocycles. The Balaban J connectivity index is 1.27. The zero-order valence-corrected chi connectivity index (χ0v) is 18.3. The minimum absolute atomic E-state index is 0.0866. The molecule has 0 fully saturated rings. The molecule has 3 N–H and O–H groups in total. The fourth-order valence-corrected chi connectivity index (χ4v) is 5.06. The SMILES string of the molecule is O=C(NC(Cc1cn[nH]c1-c1cccs1)C(=O)O)OCC1c2ccccc2-c2ccccc21. The van der Waals surface area contributed by atoms with E-state index in [1.807, 2.05) is 53.9 Å². The van der Waals surface area contributed by atoms with Crippen LogP contribution in [0, 0.1) is 0 Å². The molecule has 4 aromatic rings. The van der Waals surface area contributed by atoms with Crippen LogP contribution in [0.4, 0.5) is 4.79 Å². The van der Waals surface area contributed by atoms with Gasteiger partial charge in [-0.2, -0.15) is 5.10 Å². The van der Waals surface area contributed by atoms with Crippen LogP contribution in [0.15, 0.2) is 72.2 Å². The summed E-state index contributed by atoms with van der Waals surface area (Å²) in [5.74, 6) is -1.23. The first-order valence-corrected chi connectivity index (χ1v) is 11.4. The predicted octanol–water partition coefficient (Wildman–Crippen LogP) is 4.67. The van der Waals surface area contributed by atoms with Gasteiger partial charge in [0.25, 0.3) is 0 Å². The lowest BCUT2D eigenvalue weighted by atomic mass is 9.98. The first kappa shape index (κ1) is 21.0. The lowest BCUT2D eigenvalue weighted by Crippen LogP contribution is -2.43. The number of alkyl carbamates (subject to hydrolysis) is 1. The number of hydrogen-bond acceptors (Lipinski definition) is 5. The monoisotopic (exact) mass is 459 g/mol. The molecule has 2 aromatic carbocycles. The van der Waals surface area contributed by atoms with Crippen LogP contribution in [0.3, 0.4) is 0 Å². The number of carboxylic acid groups (broad SMARTS) is 1. The summed E-state index contributed by atoms with van der Waals surface area (Å²) in [4.78, 5) is 25.4. The van der Waals surface area contributed by atoms with Crippen molar-refractivity contribution in [2.45, 2.75) is 18.4 Å². The Kier molecular flexibility index (Phi) is 5.66. The molecule has 7 nitrogen and oxygen atoms in total. The molecule has 1 atom stereocenters. The minimum atomic E-state index is -1.14. The highest BCUT2D eigenvalue weighted by atomic mass is 32.1. The Morgan fingerprint density at radius 3 is 2.39 bits per heavy atom. The van der Waals surface area contributed by atoms with Gasteiger partial charge in [0.15, 0.2) is 0 Å². The summed E-state index contributed by atoms with van der Waals surface area (Å²) >= 11 is 1.52. The molecule has 33 heavy (non-hydrogen) atoms. The van der Waals surface area contributed by atoms with Crippen LogP contribution in [0.2, 0.25) is 0 Å². The third kappa shape index (κ3) is 4.12. The van der Waals surface area contributed by atoms with E-state index in [0.29, 0.717) is 5.56 Å². The second-order valence-corrected chi connectivity index (χ2v) is 8.76. The number of hydrogen-bond donors (Lipinski definition) is 3. The number of fused-ring (bicyclic) bond motifs is 3. The van der Waals surface area contributed by atoms with Gasteiger partial charge in [-0.05, 0) is 33.7 Å². The third-order valence-electron chi connectivity index (χ3n) is 5.84. The van der Waals surface area contributed by atoms with E-state index in [0.717, 1.165) is 32.8 Å². The fraction of sp³-hybridized carbons (Fsp3) is 0.160. The van der Waals surface area contributed by atoms with Gasteiger partial charge >= 0.3 is 12.1 Å². The number of rotatable bonds is 7. The summed E-state index contributed by atoms with van der Waals surface area (Å²) < 4.78 is 5.51. The van der Waals surface area contributed by atoms with Crippen molar-refractivity contribution in [2.24, 2.45) is 0 Å². The highest BCUT2D eigenvalue weighted by Crippen LogP contribution is 2.44. The Morgan fingerprint density at radius 2 is 1.76 bits per heavy atom. The van der Waals surface area contributed by atoms with Gasteiger partial charge in [-0.1, -0.05) is 54.6 Å². The Labute approximate surface area is 194 Å². The summed E-state index contributed by atoms with van der Waals surface area (Å²) in [5, 5.41) is 21.1. The van der Waals surface area contributed by atoms with Crippen LogP contribution < -0.4 is 5.32 Å². The van der Waals surface area contributed by atoms with E-state index in [1.165, 1.54) is 11.3 Å². The molecule has 1 amide bonds. The molecule has 1 aliphatic rings. The molecule has 0 saturated heterocycles. The molecule has 1 unspecified atom stereocenters. The number of H-pyrrole nitrogens is 1. The number of aromatic nitrogens is 2. The Bertz CT molecular complexity index is 1250. The Morgan fingerprint density at radius 1 is 1.06 bits per heavy atom. The van der Waals surface area contributed by atoms with E-state index >= 15 is 0 Å². The molecule has 0 radical (unpaired) electrons. The summed E-state index contributed by atoms with van der Waals surface area (Å²) in [6.45, 7) is 0.123. The normalized spacial score (nSPS) is 13.2. The predicted molar refractivity (Wildman–Crippen MR) is 125 cm³/mol. The summed E-state index contributed by atoms with van der Waals surface area (Å²) in [6, 6.07) is 18.8. The number of carbonyl (C=O) groups excluding carboxylic acids is 1. The average Bonchev–Trinajstić information content (AvgIpc) is 3.56. The van der Waals surface area contributed by atoms with Crippen molar-refractivity contribution in [1.82, 2.24) is 15.5 Å². The molecular formula is C25H21N3O4S. The van der Waals surface area contributed by atoms with Gasteiger partial charge in [-0.15, -0.1) is 11.3 Å². The molecule has 0 aliphatic heterocycles. The topological polar surface area (TPSA) is 104 Å². The third-order valence-corrected chi connectivity index (χ3v) is 6.73. The first-order chi connectivity index (χ1) is 16.1. The lowest BCUT2D eigenvalue weighted by molar-refractivity contribution is -0.139. The van der Waals surface area contributed by atoms with Gasteiger partial charge < -0.3 is 15.2 Å². The molecule has 2 heterocycles. The van der Waals surface area contributed by atoms with Crippen LogP contribution in [0.5, 0.6) is 0 Å². The smallest absolute Gasteiger partial charge is 0.407 e. The molecule has 0 saturated carbocycles. The number of thiophene rings is 1. The molecule has 166 valence electrons. The number of nitrogens with one attached hydrogen (secondary N) is 2. The van der Waals surface area contributed by atoms with Crippen LogP contribution in [-0.4, -0.2) is 40.0 Å². The molecule has 8 heteroatoms. The number of amides is 1. The molecule has 5 rings (SSSR count). The summed E-state index contributed by atoms with van der Waals surface area (Å²) in [5.41, 5.74) is 5.92. The van der Waals surface area contributed by atoms with Crippen molar-refractivity contribution in [2.75, 3.05) is 6.61 Å². The number of aliphatic carboxylic acids is 1. The van der Waals surface area contributed by atoms with Gasteiger partial charge in [0, 0.05) is 17.9 Å². The minimum Gasteiger partial charge on any atom is -0.480 e. The van der Waals surface area contributed by atoms with Gasteiger partial charge in [-0.25, -0.2) is 9.59 Å². The van der Waals surface area contributed by atoms with Crippen molar-refractivity contribution in [3.05, 3.63) is 88.9 Å². The van der Waals surface area contributed by atoms with Gasteiger partial charge in [0.2, 0.25) is 0 Å². The first-order valence-electron chi connectivity index (χ1n) is 10.5. The highest BCUT2D eigenvalue weighted by molar-refractivity contribution is 7.13. The lowest BCUT2D eigenvalue weighted by Gasteiger charge is -2.17. The quantitative estimate of drug-likeness (QED) is 0.372. The largest absolute Gasteiger partial charge is 0.480 e. The van der Waals surface area contributed by atoms with E-state index in [-0.39, 0.29) is 18.9 Å². The van der Waals surface area contributed by atoms with E-state index in [4.69, 9.17) is 4.74 Å². The average molecular weight is 460 g/mol. The molecule has 2 aromatic heterocycles. The number of nitrogens with zero attached hydrogens (tertiary/aromatic N) is 1. The molecular weight excluding hydrogens is 438 g/mol. The second-order valence-electron chi connectivity index (χ2n) is 7.81. The fourth-order valence-electron chi connectivity index (χ4n) is 4.30. The van der Waals surface area contributed by atoms with E-state index in [9.17, 15) is 14.7 Å². The van der Waals surface area contributed by atoms with Crippen LogP contribution in [0.1, 0.15) is 22.6 Å². The number of carboxylic acids is 1. The Hall–Kier alpha value is -3.91. The summed E-state index contributed by atoms with van der Waals surface area (Å²) in [6.07, 6.45) is 0.915. The van der Waals surface area contributed by atoms with Gasteiger partial charge in [-0.3, -0.25) is 5.10 Å². The van der Waals surface area contributed by atoms with Crippen molar-refractivity contribution < 1.29 is 19.4 Å². The zero-order valence-electron chi connectivity index (χ0n) is 17.5. The number of benzene rings is 2. The van der Waals surface area contributed by atoms with Crippen molar-refractivity contribution >= 4 is 23.4 Å². The van der Waals surface area contributed by atoms with Crippen LogP contribution in [-0.2, 0) is 16.0 Å². The van der Waals surface area contributed by atoms with E-state index in [1.54, 1.807) is 6.20 Å². The number of aromatic amines is 1. The zero-order chi connectivity index (χ0) is 22.8.